The summed E-state index contributed by atoms with van der Waals surface area (Å²) in [6.07, 6.45) is 0. The van der Waals surface area contributed by atoms with Crippen LogP contribution in [0.3, 0.4) is 0 Å². The maximum atomic E-state index is 5.75. The average molecular weight is 177 g/mol. The van der Waals surface area contributed by atoms with Gasteiger partial charge in [-0.15, -0.1) is 11.7 Å². The van der Waals surface area contributed by atoms with E-state index in [0.717, 1.165) is 9.92 Å². The number of halogens is 1. The summed E-state index contributed by atoms with van der Waals surface area (Å²) in [6.45, 7) is 0. The number of hydrogen-bond donors (Lipinski definition) is 1. The minimum Gasteiger partial charge on any atom is -0.106 e. The van der Waals surface area contributed by atoms with Crippen molar-refractivity contribution in [2.45, 2.75) is 4.90 Å². The zero-order valence-electron chi connectivity index (χ0n) is 4.54. The SMILES string of the molecule is SSc1ccccc1Cl. The second-order valence-electron chi connectivity index (χ2n) is 1.52. The summed E-state index contributed by atoms with van der Waals surface area (Å²) in [5, 5.41) is 0.762. The third-order valence-corrected chi connectivity index (χ3v) is 2.52. The molecule has 0 saturated heterocycles. The molecule has 0 aliphatic rings. The topological polar surface area (TPSA) is 0 Å². The first kappa shape index (κ1) is 7.32. The van der Waals surface area contributed by atoms with Gasteiger partial charge in [0, 0.05) is 4.90 Å². The van der Waals surface area contributed by atoms with Gasteiger partial charge < -0.3 is 0 Å². The average Bonchev–Trinajstić information content (AvgIpc) is 1.89. The highest BCUT2D eigenvalue weighted by Gasteiger charge is 1.93. The molecule has 0 spiro atoms. The summed E-state index contributed by atoms with van der Waals surface area (Å²) in [7, 11) is 1.36. The van der Waals surface area contributed by atoms with Crippen LogP contribution in [0.25, 0.3) is 0 Å². The van der Waals surface area contributed by atoms with Crippen LogP contribution in [0.5, 0.6) is 0 Å². The lowest BCUT2D eigenvalue weighted by atomic mass is 10.4. The van der Waals surface area contributed by atoms with Gasteiger partial charge in [-0.05, 0) is 12.1 Å². The molecule has 9 heavy (non-hydrogen) atoms. The van der Waals surface area contributed by atoms with Crippen molar-refractivity contribution in [3.05, 3.63) is 29.3 Å². The molecule has 0 bridgehead atoms. The Morgan fingerprint density at radius 1 is 1.33 bits per heavy atom. The monoisotopic (exact) mass is 176 g/mol. The third-order valence-electron chi connectivity index (χ3n) is 0.935. The van der Waals surface area contributed by atoms with Gasteiger partial charge in [0.1, 0.15) is 0 Å². The molecule has 0 saturated carbocycles. The van der Waals surface area contributed by atoms with E-state index in [2.05, 4.69) is 11.7 Å². The third kappa shape index (κ3) is 1.81. The van der Waals surface area contributed by atoms with Crippen molar-refractivity contribution in [1.29, 1.82) is 0 Å². The lowest BCUT2D eigenvalue weighted by Gasteiger charge is -1.94. The van der Waals surface area contributed by atoms with Crippen molar-refractivity contribution in [2.24, 2.45) is 0 Å². The van der Waals surface area contributed by atoms with Gasteiger partial charge in [-0.3, -0.25) is 0 Å². The van der Waals surface area contributed by atoms with Crippen LogP contribution >= 0.6 is 34.1 Å². The Bertz CT molecular complexity index is 200. The van der Waals surface area contributed by atoms with Gasteiger partial charge in [0.25, 0.3) is 0 Å². The van der Waals surface area contributed by atoms with Crippen molar-refractivity contribution < 1.29 is 0 Å². The Morgan fingerprint density at radius 3 is 2.44 bits per heavy atom. The largest absolute Gasteiger partial charge is 0.106 e. The van der Waals surface area contributed by atoms with Gasteiger partial charge in [0.15, 0.2) is 0 Å². The zero-order valence-corrected chi connectivity index (χ0v) is 7.01. The first-order chi connectivity index (χ1) is 4.34. The van der Waals surface area contributed by atoms with Gasteiger partial charge in [-0.25, -0.2) is 0 Å². The number of benzene rings is 1. The predicted molar refractivity (Wildman–Crippen MR) is 46.3 cm³/mol. The Morgan fingerprint density at radius 2 is 2.00 bits per heavy atom. The second-order valence-corrected chi connectivity index (χ2v) is 3.10. The fourth-order valence-corrected chi connectivity index (χ4v) is 1.70. The van der Waals surface area contributed by atoms with E-state index in [1.54, 1.807) is 0 Å². The van der Waals surface area contributed by atoms with Crippen molar-refractivity contribution >= 4 is 34.1 Å². The highest BCUT2D eigenvalue weighted by Crippen LogP contribution is 2.28. The molecule has 0 radical (unpaired) electrons. The van der Waals surface area contributed by atoms with Crippen molar-refractivity contribution in [1.82, 2.24) is 0 Å². The highest BCUT2D eigenvalue weighted by atomic mass is 35.5. The molecule has 0 unspecified atom stereocenters. The van der Waals surface area contributed by atoms with E-state index >= 15 is 0 Å². The molecule has 3 heteroatoms. The minimum absolute atomic E-state index is 0.762. The van der Waals surface area contributed by atoms with Gasteiger partial charge in [0.05, 0.1) is 5.02 Å². The summed E-state index contributed by atoms with van der Waals surface area (Å²) in [4.78, 5) is 1.00. The Kier molecular flexibility index (Phi) is 2.76. The molecule has 1 aromatic rings. The first-order valence-electron chi connectivity index (χ1n) is 2.40. The summed E-state index contributed by atoms with van der Waals surface area (Å²) in [5.74, 6) is 0. The van der Waals surface area contributed by atoms with Crippen LogP contribution in [-0.2, 0) is 0 Å². The molecule has 0 aromatic heterocycles. The molecule has 0 fully saturated rings. The molecule has 0 amide bonds. The van der Waals surface area contributed by atoms with E-state index < -0.39 is 0 Å². The summed E-state index contributed by atoms with van der Waals surface area (Å²) in [6, 6.07) is 7.61. The number of hydrogen-bond acceptors (Lipinski definition) is 2. The standard InChI is InChI=1S/C6H5ClS2/c7-5-3-1-2-4-6(5)9-8/h1-4,8H. The molecule has 0 aliphatic carbocycles. The predicted octanol–water partition coefficient (Wildman–Crippen LogP) is 3.28. The van der Waals surface area contributed by atoms with Crippen LogP contribution in [-0.4, -0.2) is 0 Å². The number of thiol groups is 1. The Labute approximate surface area is 68.4 Å². The smallest absolute Gasteiger partial charge is 0.0550 e. The van der Waals surface area contributed by atoms with Crippen molar-refractivity contribution in [2.75, 3.05) is 0 Å². The van der Waals surface area contributed by atoms with Gasteiger partial charge in [0.2, 0.25) is 0 Å². The zero-order chi connectivity index (χ0) is 6.69. The second kappa shape index (κ2) is 3.40. The van der Waals surface area contributed by atoms with Crippen LogP contribution in [0.15, 0.2) is 29.2 Å². The molecule has 0 N–H and O–H groups in total. The van der Waals surface area contributed by atoms with Crippen molar-refractivity contribution in [3.8, 4) is 0 Å². The quantitative estimate of drug-likeness (QED) is 0.506. The van der Waals surface area contributed by atoms with E-state index in [1.807, 2.05) is 24.3 Å². The normalized spacial score (nSPS) is 9.56. The maximum Gasteiger partial charge on any atom is 0.0550 e. The molecule has 0 aliphatic heterocycles. The molecule has 0 heterocycles. The van der Waals surface area contributed by atoms with E-state index in [0.29, 0.717) is 0 Å². The summed E-state index contributed by atoms with van der Waals surface area (Å²) >= 11 is 9.77. The van der Waals surface area contributed by atoms with Crippen LogP contribution in [0.2, 0.25) is 5.02 Å². The van der Waals surface area contributed by atoms with Gasteiger partial charge >= 0.3 is 0 Å². The molecular formula is C6H5ClS2. The highest BCUT2D eigenvalue weighted by molar-refractivity contribution is 8.68. The fourth-order valence-electron chi connectivity index (χ4n) is 0.519. The van der Waals surface area contributed by atoms with Crippen molar-refractivity contribution in [3.63, 3.8) is 0 Å². The maximum absolute atomic E-state index is 5.75. The van der Waals surface area contributed by atoms with Crippen LogP contribution in [0.1, 0.15) is 0 Å². The van der Waals surface area contributed by atoms with Crippen LogP contribution in [0, 0.1) is 0 Å². The molecular weight excluding hydrogens is 172 g/mol. The van der Waals surface area contributed by atoms with Crippen LogP contribution < -0.4 is 0 Å². The van der Waals surface area contributed by atoms with Gasteiger partial charge in [-0.2, -0.15) is 0 Å². The molecule has 1 rings (SSSR count). The van der Waals surface area contributed by atoms with Crippen LogP contribution in [0.4, 0.5) is 0 Å². The van der Waals surface area contributed by atoms with E-state index in [-0.39, 0.29) is 0 Å². The lowest BCUT2D eigenvalue weighted by Crippen LogP contribution is -1.66. The van der Waals surface area contributed by atoms with E-state index in [4.69, 9.17) is 11.6 Å². The Balaban J connectivity index is 3.01. The first-order valence-corrected chi connectivity index (χ1v) is 4.65. The minimum atomic E-state index is 0.762. The summed E-state index contributed by atoms with van der Waals surface area (Å²) < 4.78 is 0. The number of rotatable bonds is 1. The lowest BCUT2D eigenvalue weighted by molar-refractivity contribution is 1.48. The molecule has 48 valence electrons. The molecule has 0 nitrogen and oxygen atoms in total. The Hall–Kier alpha value is 0.210. The molecule has 1 aromatic carbocycles. The summed E-state index contributed by atoms with van der Waals surface area (Å²) in [5.41, 5.74) is 0. The van der Waals surface area contributed by atoms with Gasteiger partial charge in [-0.1, -0.05) is 34.5 Å². The van der Waals surface area contributed by atoms with E-state index in [1.165, 1.54) is 10.8 Å². The fraction of sp³-hybridized carbons (Fsp3) is 0. The molecule has 0 atom stereocenters. The van der Waals surface area contributed by atoms with E-state index in [9.17, 15) is 0 Å².